The Hall–Kier alpha value is -1.78. The zero-order valence-electron chi connectivity index (χ0n) is 11.6. The highest BCUT2D eigenvalue weighted by atomic mass is 16.1. The van der Waals surface area contributed by atoms with Crippen LogP contribution in [0.15, 0.2) is 18.2 Å². The van der Waals surface area contributed by atoms with Crippen LogP contribution in [-0.4, -0.2) is 37.6 Å². The van der Waals surface area contributed by atoms with Crippen molar-refractivity contribution in [2.24, 2.45) is 5.92 Å². The van der Waals surface area contributed by atoms with Crippen molar-refractivity contribution < 1.29 is 4.79 Å². The highest BCUT2D eigenvalue weighted by Crippen LogP contribution is 2.22. The Balaban J connectivity index is 2.08. The average Bonchev–Trinajstić information content (AvgIpc) is 2.47. The van der Waals surface area contributed by atoms with Crippen molar-refractivity contribution in [1.82, 2.24) is 10.3 Å². The van der Waals surface area contributed by atoms with Gasteiger partial charge in [-0.2, -0.15) is 0 Å². The third-order valence-corrected chi connectivity index (χ3v) is 3.45. The number of hydrogen-bond acceptors (Lipinski definition) is 4. The number of nitrogens with zero attached hydrogens (tertiary/aromatic N) is 2. The third-order valence-electron chi connectivity index (χ3n) is 3.45. The second-order valence-corrected chi connectivity index (χ2v) is 4.81. The summed E-state index contributed by atoms with van der Waals surface area (Å²) in [7, 11) is 1.70. The van der Waals surface area contributed by atoms with E-state index in [9.17, 15) is 4.79 Å². The smallest absolute Gasteiger partial charge is 0.224 e. The standard InChI is InChI=1S/C14H22N4O/c1-3-16-12-7-4-8-13(17-12)18-9-5-6-11(10-18)14(19)15-2/h4,7-8,11H,3,5-6,9-10H2,1-2H3,(H,15,19)(H,16,17). The van der Waals surface area contributed by atoms with Crippen molar-refractivity contribution in [1.29, 1.82) is 0 Å². The summed E-state index contributed by atoms with van der Waals surface area (Å²) < 4.78 is 0. The van der Waals surface area contributed by atoms with E-state index in [2.05, 4.69) is 27.4 Å². The fraction of sp³-hybridized carbons (Fsp3) is 0.571. The maximum absolute atomic E-state index is 11.7. The van der Waals surface area contributed by atoms with Crippen LogP contribution in [0.5, 0.6) is 0 Å². The Morgan fingerprint density at radius 3 is 3.11 bits per heavy atom. The molecule has 19 heavy (non-hydrogen) atoms. The lowest BCUT2D eigenvalue weighted by Gasteiger charge is -2.32. The van der Waals surface area contributed by atoms with Gasteiger partial charge in [0.25, 0.3) is 0 Å². The summed E-state index contributed by atoms with van der Waals surface area (Å²) in [6.45, 7) is 4.63. The molecule has 2 N–H and O–H groups in total. The quantitative estimate of drug-likeness (QED) is 0.863. The molecule has 1 aliphatic rings. The second kappa shape index (κ2) is 6.41. The molecule has 1 aliphatic heterocycles. The van der Waals surface area contributed by atoms with Gasteiger partial charge in [-0.3, -0.25) is 4.79 Å². The van der Waals surface area contributed by atoms with Gasteiger partial charge in [-0.15, -0.1) is 0 Å². The van der Waals surface area contributed by atoms with Gasteiger partial charge in [0.05, 0.1) is 5.92 Å². The molecule has 1 aromatic rings. The highest BCUT2D eigenvalue weighted by Gasteiger charge is 2.25. The van der Waals surface area contributed by atoms with Gasteiger partial charge in [0.1, 0.15) is 11.6 Å². The van der Waals surface area contributed by atoms with E-state index in [4.69, 9.17) is 0 Å². The Morgan fingerprint density at radius 2 is 2.37 bits per heavy atom. The first kappa shape index (κ1) is 13.6. The number of anilines is 2. The van der Waals surface area contributed by atoms with Crippen LogP contribution < -0.4 is 15.5 Å². The Labute approximate surface area is 114 Å². The van der Waals surface area contributed by atoms with Crippen LogP contribution in [0.1, 0.15) is 19.8 Å². The van der Waals surface area contributed by atoms with Crippen LogP contribution in [0.3, 0.4) is 0 Å². The van der Waals surface area contributed by atoms with Crippen molar-refractivity contribution in [2.45, 2.75) is 19.8 Å². The van der Waals surface area contributed by atoms with Gasteiger partial charge in [-0.1, -0.05) is 6.07 Å². The minimum absolute atomic E-state index is 0.0725. The first-order valence-corrected chi connectivity index (χ1v) is 6.92. The average molecular weight is 262 g/mol. The summed E-state index contributed by atoms with van der Waals surface area (Å²) in [5, 5.41) is 5.96. The summed E-state index contributed by atoms with van der Waals surface area (Å²) in [5.41, 5.74) is 0. The van der Waals surface area contributed by atoms with Crippen molar-refractivity contribution in [3.63, 3.8) is 0 Å². The minimum Gasteiger partial charge on any atom is -0.370 e. The van der Waals surface area contributed by atoms with E-state index < -0.39 is 0 Å². The predicted molar refractivity (Wildman–Crippen MR) is 77.4 cm³/mol. The molecule has 1 amide bonds. The van der Waals surface area contributed by atoms with Crippen molar-refractivity contribution >= 4 is 17.5 Å². The first-order chi connectivity index (χ1) is 9.24. The van der Waals surface area contributed by atoms with Gasteiger partial charge in [0.15, 0.2) is 0 Å². The van der Waals surface area contributed by atoms with Gasteiger partial charge in [-0.05, 0) is 31.9 Å². The summed E-state index contributed by atoms with van der Waals surface area (Å²) in [4.78, 5) is 18.5. The van der Waals surface area contributed by atoms with Crippen molar-refractivity contribution in [3.8, 4) is 0 Å². The summed E-state index contributed by atoms with van der Waals surface area (Å²) >= 11 is 0. The fourth-order valence-corrected chi connectivity index (χ4v) is 2.48. The van der Waals surface area contributed by atoms with E-state index in [0.717, 1.165) is 44.1 Å². The van der Waals surface area contributed by atoms with Gasteiger partial charge in [-0.25, -0.2) is 4.98 Å². The van der Waals surface area contributed by atoms with Crippen molar-refractivity contribution in [2.75, 3.05) is 36.9 Å². The molecule has 1 unspecified atom stereocenters. The molecule has 5 heteroatoms. The predicted octanol–water partition coefficient (Wildman–Crippen LogP) is 1.48. The van der Waals surface area contributed by atoms with Crippen LogP contribution in [0.4, 0.5) is 11.6 Å². The Kier molecular flexibility index (Phi) is 4.60. The molecule has 2 rings (SSSR count). The molecule has 1 saturated heterocycles. The zero-order chi connectivity index (χ0) is 13.7. The van der Waals surface area contributed by atoms with Crippen LogP contribution >= 0.6 is 0 Å². The van der Waals surface area contributed by atoms with E-state index >= 15 is 0 Å². The fourth-order valence-electron chi connectivity index (χ4n) is 2.48. The number of piperidine rings is 1. The van der Waals surface area contributed by atoms with Crippen molar-refractivity contribution in [3.05, 3.63) is 18.2 Å². The minimum atomic E-state index is 0.0725. The number of nitrogens with one attached hydrogen (secondary N) is 2. The Morgan fingerprint density at radius 1 is 1.53 bits per heavy atom. The molecule has 0 bridgehead atoms. The second-order valence-electron chi connectivity index (χ2n) is 4.81. The number of carbonyl (C=O) groups is 1. The molecule has 0 spiro atoms. The molecule has 1 atom stereocenters. The first-order valence-electron chi connectivity index (χ1n) is 6.92. The number of aromatic nitrogens is 1. The topological polar surface area (TPSA) is 57.3 Å². The van der Waals surface area contributed by atoms with Crippen LogP contribution in [0.2, 0.25) is 0 Å². The summed E-state index contributed by atoms with van der Waals surface area (Å²) in [6.07, 6.45) is 1.99. The van der Waals surface area contributed by atoms with E-state index in [0.29, 0.717) is 0 Å². The van der Waals surface area contributed by atoms with E-state index in [1.165, 1.54) is 0 Å². The number of amides is 1. The molecule has 5 nitrogen and oxygen atoms in total. The number of hydrogen-bond donors (Lipinski definition) is 2. The van der Waals surface area contributed by atoms with Gasteiger partial charge in [0, 0.05) is 26.7 Å². The lowest BCUT2D eigenvalue weighted by molar-refractivity contribution is -0.124. The monoisotopic (exact) mass is 262 g/mol. The molecule has 104 valence electrons. The summed E-state index contributed by atoms with van der Waals surface area (Å²) in [6, 6.07) is 5.98. The van der Waals surface area contributed by atoms with E-state index in [1.54, 1.807) is 7.05 Å². The molecule has 0 saturated carbocycles. The normalized spacial score (nSPS) is 19.1. The maximum Gasteiger partial charge on any atom is 0.224 e. The molecule has 0 aliphatic carbocycles. The lowest BCUT2D eigenvalue weighted by Crippen LogP contribution is -2.42. The lowest BCUT2D eigenvalue weighted by atomic mass is 9.97. The summed E-state index contributed by atoms with van der Waals surface area (Å²) in [5.74, 6) is 2.05. The van der Waals surface area contributed by atoms with Crippen LogP contribution in [-0.2, 0) is 4.79 Å². The molecule has 1 fully saturated rings. The largest absolute Gasteiger partial charge is 0.370 e. The SMILES string of the molecule is CCNc1cccc(N2CCCC(C(=O)NC)C2)n1. The third kappa shape index (κ3) is 3.36. The maximum atomic E-state index is 11.7. The molecule has 0 aromatic carbocycles. The molecular formula is C14H22N4O. The molecule has 0 radical (unpaired) electrons. The Bertz CT molecular complexity index is 435. The molecular weight excluding hydrogens is 240 g/mol. The van der Waals surface area contributed by atoms with Crippen LogP contribution in [0, 0.1) is 5.92 Å². The van der Waals surface area contributed by atoms with Gasteiger partial charge >= 0.3 is 0 Å². The van der Waals surface area contributed by atoms with E-state index in [1.807, 2.05) is 18.2 Å². The highest BCUT2D eigenvalue weighted by molar-refractivity contribution is 5.79. The molecule has 1 aromatic heterocycles. The molecule has 2 heterocycles. The number of pyridine rings is 1. The number of carbonyl (C=O) groups excluding carboxylic acids is 1. The van der Waals surface area contributed by atoms with Gasteiger partial charge in [0.2, 0.25) is 5.91 Å². The number of rotatable bonds is 4. The zero-order valence-corrected chi connectivity index (χ0v) is 11.6. The van der Waals surface area contributed by atoms with Crippen LogP contribution in [0.25, 0.3) is 0 Å². The van der Waals surface area contributed by atoms with Gasteiger partial charge < -0.3 is 15.5 Å². The van der Waals surface area contributed by atoms with E-state index in [-0.39, 0.29) is 11.8 Å².